The first-order chi connectivity index (χ1) is 12.9. The van der Waals surface area contributed by atoms with Crippen LogP contribution in [-0.2, 0) is 17.6 Å². The van der Waals surface area contributed by atoms with Gasteiger partial charge in [-0.1, -0.05) is 23.5 Å². The molecule has 0 atom stereocenters. The van der Waals surface area contributed by atoms with E-state index in [0.29, 0.717) is 19.4 Å². The van der Waals surface area contributed by atoms with Crippen LogP contribution in [0.3, 0.4) is 0 Å². The molecule has 4 rings (SSSR count). The van der Waals surface area contributed by atoms with E-state index in [-0.39, 0.29) is 5.91 Å². The molecule has 1 amide bonds. The zero-order valence-corrected chi connectivity index (χ0v) is 16.8. The third kappa shape index (κ3) is 3.35. The van der Waals surface area contributed by atoms with Crippen LogP contribution in [0.5, 0.6) is 0 Å². The highest BCUT2D eigenvalue weighted by Crippen LogP contribution is 2.28. The number of carbonyl (C=O) groups excluding carboxylic acids is 1. The Morgan fingerprint density at radius 3 is 2.78 bits per heavy atom. The number of benzene rings is 1. The molecule has 0 fully saturated rings. The number of aromatic nitrogens is 4. The summed E-state index contributed by atoms with van der Waals surface area (Å²) in [5.74, 6) is 0.0369. The van der Waals surface area contributed by atoms with Gasteiger partial charge in [0.15, 0.2) is 0 Å². The average Bonchev–Trinajstić information content (AvgIpc) is 3.23. The monoisotopic (exact) mass is 381 g/mol. The molecule has 27 heavy (non-hydrogen) atoms. The minimum Gasteiger partial charge on any atom is -0.358 e. The van der Waals surface area contributed by atoms with E-state index in [9.17, 15) is 4.79 Å². The number of rotatable bonds is 5. The van der Waals surface area contributed by atoms with Crippen molar-refractivity contribution in [2.75, 3.05) is 6.54 Å². The summed E-state index contributed by atoms with van der Waals surface area (Å²) in [5.41, 5.74) is 6.64. The number of aryl methyl sites for hydroxylation is 4. The van der Waals surface area contributed by atoms with E-state index in [4.69, 9.17) is 0 Å². The second-order valence-electron chi connectivity index (χ2n) is 7.04. The van der Waals surface area contributed by atoms with Crippen LogP contribution in [0.2, 0.25) is 0 Å². The van der Waals surface area contributed by atoms with E-state index in [1.165, 1.54) is 16.5 Å². The maximum Gasteiger partial charge on any atom is 0.224 e. The van der Waals surface area contributed by atoms with Crippen LogP contribution in [-0.4, -0.2) is 32.0 Å². The van der Waals surface area contributed by atoms with Gasteiger partial charge in [-0.3, -0.25) is 4.79 Å². The molecule has 140 valence electrons. The maximum absolute atomic E-state index is 12.5. The third-order valence-electron chi connectivity index (χ3n) is 4.92. The van der Waals surface area contributed by atoms with Crippen molar-refractivity contribution in [1.82, 2.24) is 24.9 Å². The molecule has 3 aromatic heterocycles. The zero-order chi connectivity index (χ0) is 19.1. The molecule has 0 saturated carbocycles. The van der Waals surface area contributed by atoms with Gasteiger partial charge in [-0.05, 0) is 44.4 Å². The van der Waals surface area contributed by atoms with Gasteiger partial charge in [-0.2, -0.15) is 5.10 Å². The Balaban J connectivity index is 1.42. The van der Waals surface area contributed by atoms with Crippen LogP contribution in [0.4, 0.5) is 0 Å². The quantitative estimate of drug-likeness (QED) is 0.556. The largest absolute Gasteiger partial charge is 0.358 e. The maximum atomic E-state index is 12.5. The molecule has 2 N–H and O–H groups in total. The Labute approximate surface area is 161 Å². The molecule has 0 saturated heterocycles. The van der Waals surface area contributed by atoms with Gasteiger partial charge in [0.25, 0.3) is 0 Å². The lowest BCUT2D eigenvalue weighted by Gasteiger charge is -2.06. The van der Waals surface area contributed by atoms with Crippen molar-refractivity contribution >= 4 is 33.1 Å². The van der Waals surface area contributed by atoms with E-state index in [2.05, 4.69) is 46.4 Å². The average molecular weight is 382 g/mol. The van der Waals surface area contributed by atoms with Crippen LogP contribution >= 0.6 is 11.3 Å². The lowest BCUT2D eigenvalue weighted by Crippen LogP contribution is -2.27. The van der Waals surface area contributed by atoms with Gasteiger partial charge in [0.05, 0.1) is 18.3 Å². The number of nitrogens with one attached hydrogen (secondary N) is 2. The van der Waals surface area contributed by atoms with E-state index in [1.54, 1.807) is 15.9 Å². The van der Waals surface area contributed by atoms with E-state index in [1.807, 2.05) is 20.0 Å². The molecule has 7 heteroatoms. The van der Waals surface area contributed by atoms with Crippen molar-refractivity contribution in [3.8, 4) is 0 Å². The highest BCUT2D eigenvalue weighted by molar-refractivity contribution is 7.16. The first kappa shape index (κ1) is 17.7. The van der Waals surface area contributed by atoms with Gasteiger partial charge in [0.2, 0.25) is 10.9 Å². The van der Waals surface area contributed by atoms with Crippen molar-refractivity contribution in [2.24, 2.45) is 0 Å². The van der Waals surface area contributed by atoms with Crippen molar-refractivity contribution in [2.45, 2.75) is 40.5 Å². The molecular formula is C20H23N5OS. The molecular weight excluding hydrogens is 358 g/mol. The normalized spacial score (nSPS) is 11.6. The molecule has 0 bridgehead atoms. The summed E-state index contributed by atoms with van der Waals surface area (Å²) in [6.45, 7) is 8.76. The van der Waals surface area contributed by atoms with Gasteiger partial charge in [0, 0.05) is 29.6 Å². The number of H-pyrrole nitrogens is 1. The summed E-state index contributed by atoms with van der Waals surface area (Å²) in [6, 6.07) is 4.23. The van der Waals surface area contributed by atoms with E-state index < -0.39 is 0 Å². The standard InChI is InChI=1S/C20H23N5OS/c1-11-5-6-12(2)19-18(11)16(13(3)22-19)9-17(26)21-8-7-15-10-25-20(23-15)27-14(4)24-25/h5-6,10,22H,7-9H2,1-4H3,(H,21,26). The first-order valence-corrected chi connectivity index (χ1v) is 9.90. The summed E-state index contributed by atoms with van der Waals surface area (Å²) < 4.78 is 1.80. The lowest BCUT2D eigenvalue weighted by molar-refractivity contribution is -0.120. The van der Waals surface area contributed by atoms with Crippen molar-refractivity contribution in [3.63, 3.8) is 0 Å². The minimum atomic E-state index is 0.0369. The molecule has 0 aliphatic rings. The second-order valence-corrected chi connectivity index (χ2v) is 8.20. The van der Waals surface area contributed by atoms with Crippen LogP contribution in [0.15, 0.2) is 18.3 Å². The molecule has 0 aliphatic heterocycles. The van der Waals surface area contributed by atoms with Crippen LogP contribution in [0.1, 0.15) is 33.1 Å². The van der Waals surface area contributed by atoms with E-state index in [0.717, 1.165) is 32.4 Å². The number of hydrogen-bond donors (Lipinski definition) is 2. The summed E-state index contributed by atoms with van der Waals surface area (Å²) in [6.07, 6.45) is 3.02. The molecule has 1 aromatic carbocycles. The number of fused-ring (bicyclic) bond motifs is 2. The molecule has 0 spiro atoms. The first-order valence-electron chi connectivity index (χ1n) is 9.08. The molecule has 0 aliphatic carbocycles. The number of amides is 1. The van der Waals surface area contributed by atoms with E-state index >= 15 is 0 Å². The molecule has 3 heterocycles. The number of hydrogen-bond acceptors (Lipinski definition) is 4. The number of imidazole rings is 1. The molecule has 0 unspecified atom stereocenters. The fraction of sp³-hybridized carbons (Fsp3) is 0.350. The SMILES string of the molecule is Cc1nn2cc(CCNC(=O)Cc3c(C)[nH]c4c(C)ccc(C)c34)nc2s1. The fourth-order valence-electron chi connectivity index (χ4n) is 3.55. The fourth-order valence-corrected chi connectivity index (χ4v) is 4.29. The summed E-state index contributed by atoms with van der Waals surface area (Å²) in [4.78, 5) is 21.4. The molecule has 4 aromatic rings. The molecule has 0 radical (unpaired) electrons. The Kier molecular flexibility index (Phi) is 4.47. The zero-order valence-electron chi connectivity index (χ0n) is 16.0. The predicted octanol–water partition coefficient (Wildman–Crippen LogP) is 3.41. The summed E-state index contributed by atoms with van der Waals surface area (Å²) in [7, 11) is 0. The summed E-state index contributed by atoms with van der Waals surface area (Å²) in [5, 5.41) is 9.56. The van der Waals surface area contributed by atoms with Crippen molar-refractivity contribution in [3.05, 3.63) is 51.4 Å². The third-order valence-corrected chi connectivity index (χ3v) is 5.76. The van der Waals surface area contributed by atoms with Crippen molar-refractivity contribution in [1.29, 1.82) is 0 Å². The number of aromatic amines is 1. The Morgan fingerprint density at radius 1 is 1.22 bits per heavy atom. The van der Waals surface area contributed by atoms with Gasteiger partial charge >= 0.3 is 0 Å². The summed E-state index contributed by atoms with van der Waals surface area (Å²) >= 11 is 1.57. The topological polar surface area (TPSA) is 75.1 Å². The van der Waals surface area contributed by atoms with Gasteiger partial charge in [-0.15, -0.1) is 0 Å². The van der Waals surface area contributed by atoms with Crippen LogP contribution in [0.25, 0.3) is 15.9 Å². The van der Waals surface area contributed by atoms with Gasteiger partial charge < -0.3 is 10.3 Å². The van der Waals surface area contributed by atoms with Gasteiger partial charge in [0.1, 0.15) is 5.01 Å². The number of nitrogens with zero attached hydrogens (tertiary/aromatic N) is 3. The van der Waals surface area contributed by atoms with Crippen molar-refractivity contribution < 1.29 is 4.79 Å². The smallest absolute Gasteiger partial charge is 0.224 e. The molecule has 6 nitrogen and oxygen atoms in total. The van der Waals surface area contributed by atoms with Crippen LogP contribution in [0, 0.1) is 27.7 Å². The Bertz CT molecular complexity index is 1120. The lowest BCUT2D eigenvalue weighted by atomic mass is 10.0. The Hall–Kier alpha value is -2.67. The predicted molar refractivity (Wildman–Crippen MR) is 109 cm³/mol. The second kappa shape index (κ2) is 6.81. The minimum absolute atomic E-state index is 0.0369. The van der Waals surface area contributed by atoms with Gasteiger partial charge in [-0.25, -0.2) is 9.50 Å². The van der Waals surface area contributed by atoms with Crippen LogP contribution < -0.4 is 5.32 Å². The Morgan fingerprint density at radius 2 is 2.00 bits per heavy atom. The highest BCUT2D eigenvalue weighted by atomic mass is 32.1. The number of carbonyl (C=O) groups is 1. The highest BCUT2D eigenvalue weighted by Gasteiger charge is 2.15.